The van der Waals surface area contributed by atoms with Gasteiger partial charge in [0.15, 0.2) is 0 Å². The molecule has 0 aliphatic heterocycles. The number of rotatable bonds is 7. The molecule has 156 valence electrons. The van der Waals surface area contributed by atoms with Crippen LogP contribution < -0.4 is 5.73 Å². The molecule has 0 fully saturated rings. The van der Waals surface area contributed by atoms with Crippen molar-refractivity contribution >= 4 is 29.3 Å². The second kappa shape index (κ2) is 11.1. The fourth-order valence-corrected chi connectivity index (χ4v) is 4.37. The Morgan fingerprint density at radius 3 is 1.89 bits per heavy atom. The van der Waals surface area contributed by atoms with Crippen molar-refractivity contribution in [1.29, 1.82) is 0 Å². The Morgan fingerprint density at radius 1 is 1.04 bits per heavy atom. The smallest absolute Gasteiger partial charge is 0.314 e. The molecule has 0 aromatic heterocycles. The molecule has 3 N–H and O–H groups in total. The highest BCUT2D eigenvalue weighted by molar-refractivity contribution is 7.85. The minimum Gasteiger partial charge on any atom is -0.314 e. The van der Waals surface area contributed by atoms with E-state index in [-0.39, 0.29) is 4.90 Å². The molecule has 10 heteroatoms. The average Bonchev–Trinajstić information content (AvgIpc) is 2.62. The normalized spacial score (nSPS) is 12.8. The minimum absolute atomic E-state index is 0.0666. The summed E-state index contributed by atoms with van der Waals surface area (Å²) in [6, 6.07) is 12.8. The van der Waals surface area contributed by atoms with E-state index in [9.17, 15) is 13.0 Å². The SMILES string of the molecule is CCOP(=O)(OCC)C(N)c1ccc(Cl)cc1.Cc1ccc(S(=O)(=O)O)cc1. The number of aryl methyl sites for hydroxylation is 1. The molecule has 0 aliphatic carbocycles. The predicted octanol–water partition coefficient (Wildman–Crippen LogP) is 4.81. The molecular weight excluding hydrogens is 425 g/mol. The Bertz CT molecular complexity index is 877. The Hall–Kier alpha value is -1.25. The molecule has 0 saturated heterocycles. The molecule has 1 atom stereocenters. The van der Waals surface area contributed by atoms with Crippen LogP contribution >= 0.6 is 19.2 Å². The van der Waals surface area contributed by atoms with Crippen molar-refractivity contribution in [3.05, 3.63) is 64.7 Å². The van der Waals surface area contributed by atoms with Crippen LogP contribution in [0.5, 0.6) is 0 Å². The first-order chi connectivity index (χ1) is 13.0. The zero-order valence-corrected chi connectivity index (χ0v) is 18.4. The van der Waals surface area contributed by atoms with Gasteiger partial charge in [-0.25, -0.2) is 0 Å². The van der Waals surface area contributed by atoms with Gasteiger partial charge in [-0.15, -0.1) is 0 Å². The van der Waals surface area contributed by atoms with Crippen LogP contribution in [0.4, 0.5) is 0 Å². The van der Waals surface area contributed by atoms with E-state index in [4.69, 9.17) is 30.9 Å². The van der Waals surface area contributed by atoms with Gasteiger partial charge in [0, 0.05) is 5.02 Å². The lowest BCUT2D eigenvalue weighted by molar-refractivity contribution is 0.212. The highest BCUT2D eigenvalue weighted by atomic mass is 35.5. The van der Waals surface area contributed by atoms with Gasteiger partial charge in [0.1, 0.15) is 5.78 Å². The largest absolute Gasteiger partial charge is 0.351 e. The summed E-state index contributed by atoms with van der Waals surface area (Å²) in [6.07, 6.45) is 0. The van der Waals surface area contributed by atoms with E-state index in [0.29, 0.717) is 23.8 Å². The van der Waals surface area contributed by atoms with Crippen LogP contribution in [0.3, 0.4) is 0 Å². The molecule has 28 heavy (non-hydrogen) atoms. The number of halogens is 1. The molecule has 7 nitrogen and oxygen atoms in total. The summed E-state index contributed by atoms with van der Waals surface area (Å²) in [5.74, 6) is -0.792. The number of benzene rings is 2. The van der Waals surface area contributed by atoms with Crippen molar-refractivity contribution < 1.29 is 26.6 Å². The summed E-state index contributed by atoms with van der Waals surface area (Å²) >= 11 is 5.78. The van der Waals surface area contributed by atoms with E-state index in [1.165, 1.54) is 12.1 Å². The fourth-order valence-electron chi connectivity index (χ4n) is 2.11. The summed E-state index contributed by atoms with van der Waals surface area (Å²) in [6.45, 7) is 5.92. The summed E-state index contributed by atoms with van der Waals surface area (Å²) in [5.41, 5.74) is 7.58. The Morgan fingerprint density at radius 2 is 1.50 bits per heavy atom. The van der Waals surface area contributed by atoms with Gasteiger partial charge < -0.3 is 14.8 Å². The van der Waals surface area contributed by atoms with Gasteiger partial charge in [-0.2, -0.15) is 8.42 Å². The van der Waals surface area contributed by atoms with Crippen molar-refractivity contribution in [3.8, 4) is 0 Å². The van der Waals surface area contributed by atoms with Gasteiger partial charge in [-0.05, 0) is 50.6 Å². The maximum atomic E-state index is 12.4. The molecule has 0 bridgehead atoms. The molecule has 2 aromatic rings. The third-order valence-electron chi connectivity index (χ3n) is 3.49. The summed E-state index contributed by atoms with van der Waals surface area (Å²) in [5, 5.41) is 0.601. The molecule has 1 unspecified atom stereocenters. The minimum atomic E-state index is -4.02. The van der Waals surface area contributed by atoms with Gasteiger partial charge >= 0.3 is 7.60 Å². The Balaban J connectivity index is 0.000000307. The standard InChI is InChI=1S/C11H17ClNO3P.C7H8O3S/c1-3-15-17(14,16-4-2)11(13)9-5-7-10(12)8-6-9;1-6-2-4-7(5-3-6)11(8,9)10/h5-8,11H,3-4,13H2,1-2H3;2-5H,1H3,(H,8,9,10). The van der Waals surface area contributed by atoms with Gasteiger partial charge in [-0.1, -0.05) is 41.4 Å². The topological polar surface area (TPSA) is 116 Å². The lowest BCUT2D eigenvalue weighted by atomic mass is 10.2. The predicted molar refractivity (Wildman–Crippen MR) is 110 cm³/mol. The number of hydrogen-bond acceptors (Lipinski definition) is 6. The highest BCUT2D eigenvalue weighted by Crippen LogP contribution is 2.58. The Kier molecular flexibility index (Phi) is 9.80. The number of nitrogens with two attached hydrogens (primary N) is 1. The molecule has 2 rings (SSSR count). The lowest BCUT2D eigenvalue weighted by Crippen LogP contribution is -2.14. The molecular formula is C18H25ClNO6PS. The molecule has 2 aromatic carbocycles. The summed E-state index contributed by atoms with van der Waals surface area (Å²) in [7, 11) is -7.33. The average molecular weight is 450 g/mol. The van der Waals surface area contributed by atoms with Crippen molar-refractivity contribution in [2.75, 3.05) is 13.2 Å². The molecule has 0 amide bonds. The van der Waals surface area contributed by atoms with E-state index in [2.05, 4.69) is 0 Å². The second-order valence-corrected chi connectivity index (χ2v) is 9.67. The first-order valence-corrected chi connectivity index (χ1v) is 11.9. The van der Waals surface area contributed by atoms with E-state index < -0.39 is 23.5 Å². The fraction of sp³-hybridized carbons (Fsp3) is 0.333. The highest BCUT2D eigenvalue weighted by Gasteiger charge is 2.33. The van der Waals surface area contributed by atoms with Gasteiger partial charge in [0.2, 0.25) is 0 Å². The third kappa shape index (κ3) is 7.64. The summed E-state index contributed by atoms with van der Waals surface area (Å²) < 4.78 is 52.3. The van der Waals surface area contributed by atoms with Crippen molar-refractivity contribution in [3.63, 3.8) is 0 Å². The van der Waals surface area contributed by atoms with Crippen molar-refractivity contribution in [2.24, 2.45) is 5.73 Å². The van der Waals surface area contributed by atoms with Crippen LogP contribution in [-0.4, -0.2) is 26.2 Å². The lowest BCUT2D eigenvalue weighted by Gasteiger charge is -2.23. The molecule has 0 aliphatic rings. The van der Waals surface area contributed by atoms with Gasteiger partial charge in [0.05, 0.1) is 18.1 Å². The van der Waals surface area contributed by atoms with E-state index >= 15 is 0 Å². The first-order valence-electron chi connectivity index (χ1n) is 8.47. The molecule has 0 saturated carbocycles. The molecule has 0 spiro atoms. The first kappa shape index (κ1) is 24.8. The second-order valence-electron chi connectivity index (χ2n) is 5.66. The molecule has 0 heterocycles. The quantitative estimate of drug-likeness (QED) is 0.460. The van der Waals surface area contributed by atoms with Gasteiger partial charge in [0.25, 0.3) is 10.1 Å². The summed E-state index contributed by atoms with van der Waals surface area (Å²) in [4.78, 5) is -0.0666. The third-order valence-corrected chi connectivity index (χ3v) is 6.82. The van der Waals surface area contributed by atoms with Crippen LogP contribution in [0.2, 0.25) is 5.02 Å². The zero-order chi connectivity index (χ0) is 21.4. The van der Waals surface area contributed by atoms with E-state index in [1.54, 1.807) is 50.2 Å². The Labute approximate surface area is 171 Å². The van der Waals surface area contributed by atoms with Crippen LogP contribution in [0, 0.1) is 6.92 Å². The molecule has 0 radical (unpaired) electrons. The zero-order valence-electron chi connectivity index (χ0n) is 15.9. The van der Waals surface area contributed by atoms with Crippen molar-refractivity contribution in [1.82, 2.24) is 0 Å². The van der Waals surface area contributed by atoms with Crippen LogP contribution in [-0.2, 0) is 23.7 Å². The van der Waals surface area contributed by atoms with Crippen LogP contribution in [0.1, 0.15) is 30.8 Å². The number of hydrogen-bond donors (Lipinski definition) is 2. The maximum absolute atomic E-state index is 12.4. The van der Waals surface area contributed by atoms with E-state index in [0.717, 1.165) is 5.56 Å². The van der Waals surface area contributed by atoms with Crippen molar-refractivity contribution in [2.45, 2.75) is 31.4 Å². The maximum Gasteiger partial charge on any atom is 0.351 e. The monoisotopic (exact) mass is 449 g/mol. The van der Waals surface area contributed by atoms with Crippen LogP contribution in [0.25, 0.3) is 0 Å². The van der Waals surface area contributed by atoms with E-state index in [1.807, 2.05) is 6.92 Å². The van der Waals surface area contributed by atoms with Crippen LogP contribution in [0.15, 0.2) is 53.4 Å². The van der Waals surface area contributed by atoms with Gasteiger partial charge in [-0.3, -0.25) is 9.12 Å².